The normalized spacial score (nSPS) is 39.3. The number of carbonyl (C=O) groups is 2. The van der Waals surface area contributed by atoms with Gasteiger partial charge in [0.2, 0.25) is 5.91 Å². The van der Waals surface area contributed by atoms with E-state index < -0.39 is 17.4 Å². The van der Waals surface area contributed by atoms with Crippen LogP contribution in [0.15, 0.2) is 12.2 Å². The van der Waals surface area contributed by atoms with Gasteiger partial charge >= 0.3 is 5.97 Å². The Labute approximate surface area is 112 Å². The van der Waals surface area contributed by atoms with Crippen LogP contribution in [0.4, 0.5) is 0 Å². The highest BCUT2D eigenvalue weighted by Gasteiger charge is 2.67. The summed E-state index contributed by atoms with van der Waals surface area (Å²) in [6.07, 6.45) is 3.55. The van der Waals surface area contributed by atoms with Crippen LogP contribution in [0.3, 0.4) is 0 Å². The number of likely N-dealkylation sites (tertiary alicyclic amines) is 1. The van der Waals surface area contributed by atoms with Crippen LogP contribution < -0.4 is 0 Å². The lowest BCUT2D eigenvalue weighted by Crippen LogP contribution is -2.39. The molecule has 0 aliphatic carbocycles. The van der Waals surface area contributed by atoms with E-state index >= 15 is 0 Å². The molecule has 5 heteroatoms. The molecule has 3 rings (SSSR count). The Balaban J connectivity index is 1.90. The van der Waals surface area contributed by atoms with Crippen molar-refractivity contribution in [1.82, 2.24) is 4.90 Å². The fourth-order valence-corrected chi connectivity index (χ4v) is 3.58. The summed E-state index contributed by atoms with van der Waals surface area (Å²) >= 11 is 0. The lowest BCUT2D eigenvalue weighted by atomic mass is 9.77. The summed E-state index contributed by atoms with van der Waals surface area (Å²) in [5.74, 6) is -0.817. The van der Waals surface area contributed by atoms with Gasteiger partial charge in [-0.3, -0.25) is 9.59 Å². The molecular formula is C14H19NO4. The van der Waals surface area contributed by atoms with Crippen LogP contribution in [-0.4, -0.2) is 48.7 Å². The fourth-order valence-electron chi connectivity index (χ4n) is 3.58. The lowest BCUT2D eigenvalue weighted by Gasteiger charge is -2.22. The Morgan fingerprint density at radius 3 is 3.00 bits per heavy atom. The van der Waals surface area contributed by atoms with Gasteiger partial charge in [0.15, 0.2) is 0 Å². The zero-order valence-corrected chi connectivity index (χ0v) is 11.5. The monoisotopic (exact) mass is 265 g/mol. The number of methoxy groups -OCH3 is 1. The number of hydrogen-bond acceptors (Lipinski definition) is 4. The van der Waals surface area contributed by atoms with Gasteiger partial charge in [-0.1, -0.05) is 26.0 Å². The van der Waals surface area contributed by atoms with E-state index in [0.717, 1.165) is 0 Å². The first-order chi connectivity index (χ1) is 8.98. The van der Waals surface area contributed by atoms with E-state index in [4.69, 9.17) is 9.47 Å². The maximum atomic E-state index is 12.5. The molecule has 0 unspecified atom stereocenters. The quantitative estimate of drug-likeness (QED) is 0.554. The maximum absolute atomic E-state index is 12.5. The summed E-state index contributed by atoms with van der Waals surface area (Å²) in [5, 5.41) is 0. The number of nitrogens with zero attached hydrogens (tertiary/aromatic N) is 1. The van der Waals surface area contributed by atoms with E-state index in [2.05, 4.69) is 13.8 Å². The van der Waals surface area contributed by atoms with Crippen molar-refractivity contribution < 1.29 is 19.1 Å². The predicted molar refractivity (Wildman–Crippen MR) is 67.2 cm³/mol. The molecule has 1 amide bonds. The summed E-state index contributed by atoms with van der Waals surface area (Å²) in [7, 11) is 1.36. The van der Waals surface area contributed by atoms with Crippen molar-refractivity contribution in [3.63, 3.8) is 0 Å². The zero-order chi connectivity index (χ0) is 13.8. The lowest BCUT2D eigenvalue weighted by molar-refractivity contribution is -0.151. The molecular weight excluding hydrogens is 246 g/mol. The van der Waals surface area contributed by atoms with E-state index in [1.807, 2.05) is 17.1 Å². The number of amides is 1. The number of fused-ring (bicyclic) bond motifs is 1. The van der Waals surface area contributed by atoms with Gasteiger partial charge < -0.3 is 14.4 Å². The minimum Gasteiger partial charge on any atom is -0.469 e. The highest BCUT2D eigenvalue weighted by molar-refractivity contribution is 5.91. The number of ether oxygens (including phenoxy) is 2. The Hall–Kier alpha value is -1.36. The topological polar surface area (TPSA) is 55.8 Å². The van der Waals surface area contributed by atoms with Crippen molar-refractivity contribution in [2.45, 2.75) is 25.6 Å². The van der Waals surface area contributed by atoms with Gasteiger partial charge in [0.05, 0.1) is 25.7 Å². The zero-order valence-electron chi connectivity index (χ0n) is 11.5. The van der Waals surface area contributed by atoms with Gasteiger partial charge in [0.25, 0.3) is 0 Å². The third-order valence-electron chi connectivity index (χ3n) is 4.24. The van der Waals surface area contributed by atoms with Crippen molar-refractivity contribution in [1.29, 1.82) is 0 Å². The Kier molecular flexibility index (Phi) is 2.71. The molecule has 0 radical (unpaired) electrons. The van der Waals surface area contributed by atoms with Crippen molar-refractivity contribution in [3.05, 3.63) is 12.2 Å². The Morgan fingerprint density at radius 1 is 1.63 bits per heavy atom. The third-order valence-corrected chi connectivity index (χ3v) is 4.24. The Morgan fingerprint density at radius 2 is 2.37 bits per heavy atom. The van der Waals surface area contributed by atoms with Gasteiger partial charge in [-0.25, -0.2) is 0 Å². The second-order valence-electron chi connectivity index (χ2n) is 6.04. The highest BCUT2D eigenvalue weighted by Crippen LogP contribution is 2.52. The molecule has 104 valence electrons. The van der Waals surface area contributed by atoms with Gasteiger partial charge in [-0.15, -0.1) is 0 Å². The molecule has 3 aliphatic heterocycles. The van der Waals surface area contributed by atoms with E-state index in [1.54, 1.807) is 0 Å². The molecule has 19 heavy (non-hydrogen) atoms. The van der Waals surface area contributed by atoms with Crippen LogP contribution >= 0.6 is 0 Å². The second kappa shape index (κ2) is 4.07. The molecule has 0 aromatic carbocycles. The Bertz CT molecular complexity index is 458. The number of carbonyl (C=O) groups excluding carboxylic acids is 2. The second-order valence-corrected chi connectivity index (χ2v) is 6.04. The molecule has 0 saturated carbocycles. The summed E-state index contributed by atoms with van der Waals surface area (Å²) in [6.45, 7) is 5.40. The largest absolute Gasteiger partial charge is 0.469 e. The first-order valence-electron chi connectivity index (χ1n) is 6.72. The maximum Gasteiger partial charge on any atom is 0.312 e. The van der Waals surface area contributed by atoms with Crippen LogP contribution in [0.5, 0.6) is 0 Å². The van der Waals surface area contributed by atoms with Crippen LogP contribution in [0, 0.1) is 17.8 Å². The van der Waals surface area contributed by atoms with Crippen LogP contribution in [0.2, 0.25) is 0 Å². The summed E-state index contributed by atoms with van der Waals surface area (Å²) in [4.78, 5) is 26.3. The molecule has 5 nitrogen and oxygen atoms in total. The molecule has 4 atom stereocenters. The molecule has 2 saturated heterocycles. The van der Waals surface area contributed by atoms with Crippen LogP contribution in [-0.2, 0) is 19.1 Å². The molecule has 0 aromatic rings. The standard InChI is InChI=1S/C14H19NO4/c1-8(2)6-15-7-14-5-4-9(19-14)10(13(17)18-3)11(14)12(15)16/h4-5,8-11H,6-7H2,1-3H3/t9-,10+,11+,14-/m1/s1. The summed E-state index contributed by atoms with van der Waals surface area (Å²) in [5.41, 5.74) is -0.602. The molecule has 2 fully saturated rings. The van der Waals surface area contributed by atoms with Gasteiger partial charge in [0, 0.05) is 6.54 Å². The van der Waals surface area contributed by atoms with Gasteiger partial charge in [-0.2, -0.15) is 0 Å². The third kappa shape index (κ3) is 1.64. The van der Waals surface area contributed by atoms with E-state index in [1.165, 1.54) is 7.11 Å². The number of hydrogen-bond donors (Lipinski definition) is 0. The smallest absolute Gasteiger partial charge is 0.312 e. The van der Waals surface area contributed by atoms with E-state index in [9.17, 15) is 9.59 Å². The van der Waals surface area contributed by atoms with Gasteiger partial charge in [0.1, 0.15) is 11.5 Å². The SMILES string of the molecule is COC(=O)[C@@H]1[C@H]2C(=O)N(CC(C)C)C[C@]23C=C[C@H]1O3. The molecule has 3 aliphatic rings. The van der Waals surface area contributed by atoms with Crippen LogP contribution in [0.1, 0.15) is 13.8 Å². The predicted octanol–water partition coefficient (Wildman–Crippen LogP) is 0.597. The minimum absolute atomic E-state index is 0.0240. The van der Waals surface area contributed by atoms with E-state index in [-0.39, 0.29) is 18.0 Å². The summed E-state index contributed by atoms with van der Waals surface area (Å²) in [6, 6.07) is 0. The van der Waals surface area contributed by atoms with Crippen molar-refractivity contribution >= 4 is 11.9 Å². The molecule has 2 bridgehead atoms. The first kappa shape index (κ1) is 12.7. The summed E-state index contributed by atoms with van der Waals surface area (Å²) < 4.78 is 10.8. The molecule has 0 aromatic heterocycles. The van der Waals surface area contributed by atoms with Crippen molar-refractivity contribution in [2.75, 3.05) is 20.2 Å². The number of esters is 1. The van der Waals surface area contributed by atoms with Crippen molar-refractivity contribution in [3.8, 4) is 0 Å². The molecule has 0 N–H and O–H groups in total. The van der Waals surface area contributed by atoms with E-state index in [0.29, 0.717) is 19.0 Å². The first-order valence-corrected chi connectivity index (χ1v) is 6.72. The fraction of sp³-hybridized carbons (Fsp3) is 0.714. The average Bonchev–Trinajstić information content (AvgIpc) is 2.97. The van der Waals surface area contributed by atoms with Crippen LogP contribution in [0.25, 0.3) is 0 Å². The highest BCUT2D eigenvalue weighted by atomic mass is 16.5. The molecule has 1 spiro atoms. The van der Waals surface area contributed by atoms with Crippen molar-refractivity contribution in [2.24, 2.45) is 17.8 Å². The minimum atomic E-state index is -0.602. The molecule has 3 heterocycles. The average molecular weight is 265 g/mol. The van der Waals surface area contributed by atoms with Gasteiger partial charge in [-0.05, 0) is 5.92 Å². The number of rotatable bonds is 3.